The number of piperazine rings is 1. The lowest BCUT2D eigenvalue weighted by atomic mass is 10.1. The van der Waals surface area contributed by atoms with E-state index in [0.29, 0.717) is 30.3 Å². The smallest absolute Gasteiger partial charge is 0.185 e. The number of nitrogens with two attached hydrogens (primary N) is 1. The van der Waals surface area contributed by atoms with Crippen LogP contribution in [0, 0.1) is 11.8 Å². The summed E-state index contributed by atoms with van der Waals surface area (Å²) < 4.78 is 6.11. The van der Waals surface area contributed by atoms with Crippen LogP contribution in [0.25, 0.3) is 10.4 Å². The first kappa shape index (κ1) is 25.9. The number of hydrogen-bond donors (Lipinski definition) is 3. The van der Waals surface area contributed by atoms with Crippen LogP contribution in [-0.4, -0.2) is 57.8 Å². The van der Waals surface area contributed by atoms with E-state index in [9.17, 15) is 5.11 Å². The summed E-state index contributed by atoms with van der Waals surface area (Å²) in [6.45, 7) is 10.0. The number of rotatable bonds is 6. The minimum absolute atomic E-state index is 0.322. The van der Waals surface area contributed by atoms with Gasteiger partial charge in [-0.2, -0.15) is 0 Å². The van der Waals surface area contributed by atoms with E-state index < -0.39 is 5.60 Å². The lowest BCUT2D eigenvalue weighted by Crippen LogP contribution is -2.55. The zero-order chi connectivity index (χ0) is 25.9. The van der Waals surface area contributed by atoms with Crippen molar-refractivity contribution >= 4 is 22.3 Å². The van der Waals surface area contributed by atoms with E-state index in [1.54, 1.807) is 31.4 Å². The number of hydrogen-bond acceptors (Lipinski definition) is 9. The summed E-state index contributed by atoms with van der Waals surface area (Å²) >= 11 is 1.66. The van der Waals surface area contributed by atoms with Crippen LogP contribution in [0.2, 0.25) is 0 Å². The van der Waals surface area contributed by atoms with E-state index in [1.165, 1.54) is 0 Å². The van der Waals surface area contributed by atoms with Crippen molar-refractivity contribution in [1.29, 1.82) is 0 Å². The first-order valence-electron chi connectivity index (χ1n) is 12.0. The number of likely N-dealkylation sites (N-methyl/N-ethyl adjacent to an activating group) is 1. The van der Waals surface area contributed by atoms with Gasteiger partial charge in [-0.15, -0.1) is 0 Å². The van der Waals surface area contributed by atoms with Crippen LogP contribution in [0.1, 0.15) is 38.8 Å². The third-order valence-corrected chi connectivity index (χ3v) is 7.34. The summed E-state index contributed by atoms with van der Waals surface area (Å²) in [6, 6.07) is 10.6. The highest BCUT2D eigenvalue weighted by Crippen LogP contribution is 2.35. The predicted molar refractivity (Wildman–Crippen MR) is 146 cm³/mol. The lowest BCUT2D eigenvalue weighted by Gasteiger charge is -2.42. The number of nitrogens with one attached hydrogen (secondary N) is 1. The molecule has 0 bridgehead atoms. The number of benzene rings is 1. The molecule has 2 atom stereocenters. The Bertz CT molecular complexity index is 1250. The van der Waals surface area contributed by atoms with E-state index in [2.05, 4.69) is 52.9 Å². The molecular weight excluding hydrogens is 472 g/mol. The summed E-state index contributed by atoms with van der Waals surface area (Å²) in [5.74, 6) is 12.5. The monoisotopic (exact) mass is 506 g/mol. The largest absolute Gasteiger partial charge is 0.485 e. The van der Waals surface area contributed by atoms with Crippen LogP contribution < -0.4 is 20.9 Å². The van der Waals surface area contributed by atoms with Crippen LogP contribution >= 0.6 is 11.3 Å². The number of hydrazine groups is 1. The first-order valence-corrected chi connectivity index (χ1v) is 12.8. The molecule has 1 saturated heterocycles. The van der Waals surface area contributed by atoms with E-state index in [4.69, 9.17) is 15.6 Å². The average molecular weight is 507 g/mol. The standard InChI is InChI=1S/C27H34N6O2S/c1-18-15-33(16-19(2)32(18)5)26-30-14-24(36-26)22-12-23(25(31-28)29-13-22)35-17-21-8-6-7-20(11-21)9-10-27(3,4)34/h6-8,11-14,18-19,34H,15-17,28H2,1-5H3,(H,29,31). The van der Waals surface area contributed by atoms with Gasteiger partial charge in [0.25, 0.3) is 0 Å². The van der Waals surface area contributed by atoms with Gasteiger partial charge in [-0.1, -0.05) is 35.3 Å². The molecular formula is C27H34N6O2S. The van der Waals surface area contributed by atoms with Gasteiger partial charge in [0.2, 0.25) is 0 Å². The third kappa shape index (κ3) is 6.33. The molecule has 3 aromatic rings. The zero-order valence-corrected chi connectivity index (χ0v) is 22.3. The molecule has 0 saturated carbocycles. The van der Waals surface area contributed by atoms with Crippen LogP contribution in [-0.2, 0) is 6.61 Å². The molecule has 8 nitrogen and oxygen atoms in total. The van der Waals surface area contributed by atoms with Crippen LogP contribution in [0.15, 0.2) is 42.7 Å². The Morgan fingerprint density at radius 2 is 1.94 bits per heavy atom. The molecule has 4 N–H and O–H groups in total. The second-order valence-electron chi connectivity index (χ2n) is 9.79. The van der Waals surface area contributed by atoms with Crippen molar-refractivity contribution in [2.45, 2.75) is 52.0 Å². The Hall–Kier alpha value is -3.16. The van der Waals surface area contributed by atoms with Crippen LogP contribution in [0.4, 0.5) is 10.9 Å². The normalized spacial score (nSPS) is 18.5. The molecule has 2 aromatic heterocycles. The number of aliphatic hydroxyl groups is 1. The summed E-state index contributed by atoms with van der Waals surface area (Å²) in [5.41, 5.74) is 4.26. The molecule has 0 amide bonds. The van der Waals surface area contributed by atoms with Gasteiger partial charge in [0, 0.05) is 48.7 Å². The van der Waals surface area contributed by atoms with Crippen molar-refractivity contribution in [2.75, 3.05) is 30.5 Å². The molecule has 3 heterocycles. The van der Waals surface area contributed by atoms with Gasteiger partial charge in [-0.3, -0.25) is 4.90 Å². The fraction of sp³-hybridized carbons (Fsp3) is 0.407. The molecule has 0 spiro atoms. The molecule has 36 heavy (non-hydrogen) atoms. The molecule has 190 valence electrons. The minimum atomic E-state index is -1.04. The molecule has 1 fully saturated rings. The van der Waals surface area contributed by atoms with Crippen molar-refractivity contribution in [3.05, 3.63) is 53.9 Å². The fourth-order valence-corrected chi connectivity index (χ4v) is 4.94. The Balaban J connectivity index is 1.50. The Labute approximate surface area is 217 Å². The zero-order valence-electron chi connectivity index (χ0n) is 21.4. The molecule has 9 heteroatoms. The topological polar surface area (TPSA) is 99.8 Å². The van der Waals surface area contributed by atoms with Crippen LogP contribution in [0.3, 0.4) is 0 Å². The highest BCUT2D eigenvalue weighted by atomic mass is 32.1. The van der Waals surface area contributed by atoms with Gasteiger partial charge >= 0.3 is 0 Å². The van der Waals surface area contributed by atoms with Crippen molar-refractivity contribution in [3.8, 4) is 28.0 Å². The molecule has 1 aliphatic heterocycles. The number of thiazole rings is 1. The van der Waals surface area contributed by atoms with Crippen molar-refractivity contribution in [3.63, 3.8) is 0 Å². The summed E-state index contributed by atoms with van der Waals surface area (Å²) in [6.07, 6.45) is 3.68. The first-order chi connectivity index (χ1) is 17.1. The highest BCUT2D eigenvalue weighted by Gasteiger charge is 2.28. The predicted octanol–water partition coefficient (Wildman–Crippen LogP) is 3.72. The highest BCUT2D eigenvalue weighted by molar-refractivity contribution is 7.18. The van der Waals surface area contributed by atoms with Gasteiger partial charge in [-0.25, -0.2) is 15.8 Å². The van der Waals surface area contributed by atoms with E-state index >= 15 is 0 Å². The van der Waals surface area contributed by atoms with Crippen molar-refractivity contribution in [2.24, 2.45) is 5.84 Å². The SMILES string of the molecule is CC1CN(c2ncc(-c3cnc(NN)c(OCc4cccc(C#CC(C)(C)O)c4)c3)s2)CC(C)N1C. The Morgan fingerprint density at radius 3 is 2.64 bits per heavy atom. The summed E-state index contributed by atoms with van der Waals surface area (Å²) in [7, 11) is 2.18. The lowest BCUT2D eigenvalue weighted by molar-refractivity contribution is 0.143. The van der Waals surface area contributed by atoms with Gasteiger partial charge in [0.15, 0.2) is 16.7 Å². The number of pyridine rings is 1. The van der Waals surface area contributed by atoms with E-state index in [0.717, 1.165) is 39.8 Å². The Morgan fingerprint density at radius 1 is 1.19 bits per heavy atom. The molecule has 4 rings (SSSR count). The molecule has 0 radical (unpaired) electrons. The van der Waals surface area contributed by atoms with Gasteiger partial charge in [-0.05, 0) is 58.5 Å². The molecule has 2 unspecified atom stereocenters. The van der Waals surface area contributed by atoms with Gasteiger partial charge < -0.3 is 20.2 Å². The third-order valence-electron chi connectivity index (χ3n) is 6.23. The molecule has 1 aliphatic rings. The van der Waals surface area contributed by atoms with Gasteiger partial charge in [0.1, 0.15) is 12.2 Å². The maximum Gasteiger partial charge on any atom is 0.185 e. The Kier molecular flexibility index (Phi) is 7.81. The average Bonchev–Trinajstić information content (AvgIpc) is 3.34. The number of nitrogen functional groups attached to an aromatic ring is 1. The van der Waals surface area contributed by atoms with E-state index in [-0.39, 0.29) is 0 Å². The quantitative estimate of drug-likeness (QED) is 0.264. The number of ether oxygens (including phenoxy) is 1. The maximum atomic E-state index is 9.85. The number of aromatic nitrogens is 2. The summed E-state index contributed by atoms with van der Waals surface area (Å²) in [4.78, 5) is 15.0. The summed E-state index contributed by atoms with van der Waals surface area (Å²) in [5, 5.41) is 10.9. The minimum Gasteiger partial charge on any atom is -0.485 e. The fourth-order valence-electron chi connectivity index (χ4n) is 4.03. The van der Waals surface area contributed by atoms with E-state index in [1.807, 2.05) is 36.5 Å². The van der Waals surface area contributed by atoms with Crippen molar-refractivity contribution in [1.82, 2.24) is 14.9 Å². The van der Waals surface area contributed by atoms with Gasteiger partial charge in [0.05, 0.1) is 4.88 Å². The second kappa shape index (κ2) is 10.8. The molecule has 0 aliphatic carbocycles. The maximum absolute atomic E-state index is 9.85. The van der Waals surface area contributed by atoms with Crippen LogP contribution in [0.5, 0.6) is 5.75 Å². The second-order valence-corrected chi connectivity index (χ2v) is 10.8. The number of nitrogens with zero attached hydrogens (tertiary/aromatic N) is 4. The number of anilines is 2. The van der Waals surface area contributed by atoms with Crippen molar-refractivity contribution < 1.29 is 9.84 Å². The molecule has 1 aromatic carbocycles.